The molecule has 4 rings (SSSR count). The molecular formula is C17H21N5OS. The third kappa shape index (κ3) is 2.43. The van der Waals surface area contributed by atoms with E-state index in [9.17, 15) is 4.79 Å². The SMILES string of the molecule is CC(C)n1c(Nc2cnn(C)c2)nc2sc3c(c2c1=O)CCCC3. The Morgan fingerprint density at radius 1 is 1.29 bits per heavy atom. The monoisotopic (exact) mass is 343 g/mol. The summed E-state index contributed by atoms with van der Waals surface area (Å²) in [6, 6.07) is 0.0349. The zero-order chi connectivity index (χ0) is 16.8. The van der Waals surface area contributed by atoms with Gasteiger partial charge in [-0.2, -0.15) is 5.10 Å². The van der Waals surface area contributed by atoms with Crippen molar-refractivity contribution in [2.75, 3.05) is 5.32 Å². The predicted octanol–water partition coefficient (Wildman–Crippen LogP) is 3.39. The van der Waals surface area contributed by atoms with Gasteiger partial charge in [0, 0.05) is 24.2 Å². The Bertz CT molecular complexity index is 965. The molecule has 7 heteroatoms. The predicted molar refractivity (Wildman–Crippen MR) is 97.4 cm³/mol. The molecule has 126 valence electrons. The number of aryl methyl sites for hydroxylation is 3. The summed E-state index contributed by atoms with van der Waals surface area (Å²) < 4.78 is 3.49. The van der Waals surface area contributed by atoms with Crippen molar-refractivity contribution in [3.8, 4) is 0 Å². The topological polar surface area (TPSA) is 64.7 Å². The Hall–Kier alpha value is -2.15. The number of thiophene rings is 1. The number of fused-ring (bicyclic) bond motifs is 3. The highest BCUT2D eigenvalue weighted by Gasteiger charge is 2.23. The molecule has 0 bridgehead atoms. The molecule has 3 heterocycles. The van der Waals surface area contributed by atoms with Crippen LogP contribution in [0.15, 0.2) is 17.2 Å². The molecule has 0 fully saturated rings. The van der Waals surface area contributed by atoms with Gasteiger partial charge < -0.3 is 5.32 Å². The highest BCUT2D eigenvalue weighted by atomic mass is 32.1. The largest absolute Gasteiger partial charge is 0.323 e. The first kappa shape index (κ1) is 15.4. The van der Waals surface area contributed by atoms with Gasteiger partial charge in [-0.15, -0.1) is 11.3 Å². The Morgan fingerprint density at radius 3 is 2.79 bits per heavy atom. The fraction of sp³-hybridized carbons (Fsp3) is 0.471. The molecule has 0 atom stereocenters. The molecule has 0 radical (unpaired) electrons. The quantitative estimate of drug-likeness (QED) is 0.792. The summed E-state index contributed by atoms with van der Waals surface area (Å²) in [4.78, 5) is 20.2. The van der Waals surface area contributed by atoms with E-state index in [-0.39, 0.29) is 11.6 Å². The van der Waals surface area contributed by atoms with E-state index in [4.69, 9.17) is 4.98 Å². The Kier molecular flexibility index (Phi) is 3.68. The molecule has 0 aliphatic heterocycles. The number of aromatic nitrogens is 4. The Morgan fingerprint density at radius 2 is 2.08 bits per heavy atom. The minimum absolute atomic E-state index is 0.0349. The molecule has 0 spiro atoms. The van der Waals surface area contributed by atoms with Crippen molar-refractivity contribution in [2.45, 2.75) is 45.6 Å². The second-order valence-corrected chi connectivity index (χ2v) is 7.71. The molecular weight excluding hydrogens is 322 g/mol. The van der Waals surface area contributed by atoms with Gasteiger partial charge in [-0.25, -0.2) is 4.98 Å². The van der Waals surface area contributed by atoms with E-state index < -0.39 is 0 Å². The second kappa shape index (κ2) is 5.73. The van der Waals surface area contributed by atoms with Gasteiger partial charge in [-0.3, -0.25) is 14.0 Å². The first-order chi connectivity index (χ1) is 11.5. The summed E-state index contributed by atoms with van der Waals surface area (Å²) in [5, 5.41) is 8.26. The first-order valence-electron chi connectivity index (χ1n) is 8.37. The van der Waals surface area contributed by atoms with Crippen LogP contribution in [0, 0.1) is 0 Å². The second-order valence-electron chi connectivity index (χ2n) is 6.62. The minimum Gasteiger partial charge on any atom is -0.323 e. The van der Waals surface area contributed by atoms with Gasteiger partial charge in [-0.05, 0) is 45.1 Å². The lowest BCUT2D eigenvalue weighted by Crippen LogP contribution is -2.26. The van der Waals surface area contributed by atoms with Gasteiger partial charge >= 0.3 is 0 Å². The van der Waals surface area contributed by atoms with Gasteiger partial charge in [0.1, 0.15) is 4.83 Å². The van der Waals surface area contributed by atoms with E-state index in [1.165, 1.54) is 16.9 Å². The van der Waals surface area contributed by atoms with Crippen molar-refractivity contribution < 1.29 is 0 Å². The van der Waals surface area contributed by atoms with Crippen LogP contribution in [-0.4, -0.2) is 19.3 Å². The van der Waals surface area contributed by atoms with E-state index in [1.807, 2.05) is 27.1 Å². The average Bonchev–Trinajstić information content (AvgIpc) is 3.10. The maximum Gasteiger partial charge on any atom is 0.264 e. The molecule has 0 saturated heterocycles. The van der Waals surface area contributed by atoms with Gasteiger partial charge in [0.25, 0.3) is 5.56 Å². The summed E-state index contributed by atoms with van der Waals surface area (Å²) in [5.74, 6) is 0.592. The van der Waals surface area contributed by atoms with E-state index >= 15 is 0 Å². The summed E-state index contributed by atoms with van der Waals surface area (Å²) in [5.41, 5.74) is 2.14. The normalized spacial score (nSPS) is 14.3. The number of hydrogen-bond donors (Lipinski definition) is 1. The Balaban J connectivity index is 1.92. The van der Waals surface area contributed by atoms with Gasteiger partial charge in [0.05, 0.1) is 17.3 Å². The molecule has 0 aromatic carbocycles. The van der Waals surface area contributed by atoms with Crippen LogP contribution in [0.25, 0.3) is 10.2 Å². The Labute approximate surface area is 144 Å². The van der Waals surface area contributed by atoms with Crippen molar-refractivity contribution in [1.82, 2.24) is 19.3 Å². The number of hydrogen-bond acceptors (Lipinski definition) is 5. The fourth-order valence-electron chi connectivity index (χ4n) is 3.40. The fourth-order valence-corrected chi connectivity index (χ4v) is 4.65. The van der Waals surface area contributed by atoms with Crippen LogP contribution in [0.2, 0.25) is 0 Å². The molecule has 1 aliphatic carbocycles. The van der Waals surface area contributed by atoms with Crippen LogP contribution in [-0.2, 0) is 19.9 Å². The maximum atomic E-state index is 13.2. The molecule has 0 saturated carbocycles. The number of anilines is 2. The van der Waals surface area contributed by atoms with Crippen molar-refractivity contribution in [1.29, 1.82) is 0 Å². The van der Waals surface area contributed by atoms with Gasteiger partial charge in [0.2, 0.25) is 5.95 Å². The molecule has 0 unspecified atom stereocenters. The molecule has 3 aromatic rings. The zero-order valence-corrected chi connectivity index (χ0v) is 15.0. The van der Waals surface area contributed by atoms with Crippen molar-refractivity contribution >= 4 is 33.2 Å². The molecule has 1 N–H and O–H groups in total. The lowest BCUT2D eigenvalue weighted by atomic mass is 9.97. The van der Waals surface area contributed by atoms with Crippen LogP contribution in [0.4, 0.5) is 11.6 Å². The highest BCUT2D eigenvalue weighted by molar-refractivity contribution is 7.18. The van der Waals surface area contributed by atoms with Crippen LogP contribution >= 0.6 is 11.3 Å². The smallest absolute Gasteiger partial charge is 0.264 e. The van der Waals surface area contributed by atoms with Crippen LogP contribution in [0.5, 0.6) is 0 Å². The van der Waals surface area contributed by atoms with Gasteiger partial charge in [0.15, 0.2) is 0 Å². The molecule has 1 aliphatic rings. The van der Waals surface area contributed by atoms with E-state index in [2.05, 4.69) is 10.4 Å². The summed E-state index contributed by atoms with van der Waals surface area (Å²) in [7, 11) is 1.87. The molecule has 0 amide bonds. The van der Waals surface area contributed by atoms with E-state index in [0.29, 0.717) is 5.95 Å². The number of nitrogens with zero attached hydrogens (tertiary/aromatic N) is 4. The number of rotatable bonds is 3. The summed E-state index contributed by atoms with van der Waals surface area (Å²) in [6.07, 6.45) is 8.05. The van der Waals surface area contributed by atoms with Crippen molar-refractivity contribution in [3.05, 3.63) is 33.2 Å². The van der Waals surface area contributed by atoms with Crippen molar-refractivity contribution in [3.63, 3.8) is 0 Å². The van der Waals surface area contributed by atoms with Crippen LogP contribution in [0.1, 0.15) is 43.2 Å². The van der Waals surface area contributed by atoms with E-state index in [1.54, 1.807) is 26.8 Å². The zero-order valence-electron chi connectivity index (χ0n) is 14.2. The molecule has 3 aromatic heterocycles. The maximum absolute atomic E-state index is 13.2. The number of nitrogens with one attached hydrogen (secondary N) is 1. The molecule has 24 heavy (non-hydrogen) atoms. The van der Waals surface area contributed by atoms with E-state index in [0.717, 1.165) is 35.2 Å². The van der Waals surface area contributed by atoms with Crippen LogP contribution in [0.3, 0.4) is 0 Å². The third-order valence-corrected chi connectivity index (χ3v) is 5.68. The highest BCUT2D eigenvalue weighted by Crippen LogP contribution is 2.34. The average molecular weight is 343 g/mol. The summed E-state index contributed by atoms with van der Waals surface area (Å²) in [6.45, 7) is 4.03. The van der Waals surface area contributed by atoms with Crippen molar-refractivity contribution in [2.24, 2.45) is 7.05 Å². The minimum atomic E-state index is 0.0349. The molecule has 6 nitrogen and oxygen atoms in total. The third-order valence-electron chi connectivity index (χ3n) is 4.50. The lowest BCUT2D eigenvalue weighted by Gasteiger charge is -2.16. The standard InChI is InChI=1S/C17H21N5OS/c1-10(2)22-16(23)14-12-6-4-5-7-13(12)24-15(14)20-17(22)19-11-8-18-21(3)9-11/h8-10H,4-7H2,1-3H3,(H,19,20). The lowest BCUT2D eigenvalue weighted by molar-refractivity contribution is 0.582. The van der Waals surface area contributed by atoms with Crippen LogP contribution < -0.4 is 10.9 Å². The summed E-state index contributed by atoms with van der Waals surface area (Å²) >= 11 is 1.68. The van der Waals surface area contributed by atoms with Gasteiger partial charge in [-0.1, -0.05) is 0 Å². The first-order valence-corrected chi connectivity index (χ1v) is 9.18.